The Morgan fingerprint density at radius 2 is 1.72 bits per heavy atom. The zero-order valence-electron chi connectivity index (χ0n) is 13.4. The fourth-order valence-corrected chi connectivity index (χ4v) is 2.77. The molecule has 0 fully saturated rings. The molecule has 1 aliphatic rings. The molecule has 0 atom stereocenters. The molecule has 0 aromatic heterocycles. The fraction of sp³-hybridized carbons (Fsp3) is 0.118. The summed E-state index contributed by atoms with van der Waals surface area (Å²) in [5, 5.41) is 2.73. The third-order valence-electron chi connectivity index (χ3n) is 3.28. The highest BCUT2D eigenvalue weighted by atomic mass is 32.2. The van der Waals surface area contributed by atoms with Gasteiger partial charge in [0, 0.05) is 23.5 Å². The van der Waals surface area contributed by atoms with Gasteiger partial charge in [-0.3, -0.25) is 9.52 Å². The molecule has 1 amide bonds. The largest absolute Gasteiger partial charge is 0.454 e. The maximum absolute atomic E-state index is 12.0. The Morgan fingerprint density at radius 1 is 1.04 bits per heavy atom. The van der Waals surface area contributed by atoms with E-state index in [1.165, 1.54) is 6.08 Å². The molecule has 0 aliphatic carbocycles. The van der Waals surface area contributed by atoms with E-state index in [2.05, 4.69) is 10.0 Å². The predicted molar refractivity (Wildman–Crippen MR) is 95.1 cm³/mol. The smallest absolute Gasteiger partial charge is 0.248 e. The van der Waals surface area contributed by atoms with E-state index >= 15 is 0 Å². The lowest BCUT2D eigenvalue weighted by Gasteiger charge is -2.04. The zero-order valence-corrected chi connectivity index (χ0v) is 14.2. The van der Waals surface area contributed by atoms with Crippen LogP contribution in [0.25, 0.3) is 6.08 Å². The van der Waals surface area contributed by atoms with Crippen LogP contribution in [0.3, 0.4) is 0 Å². The summed E-state index contributed by atoms with van der Waals surface area (Å²) >= 11 is 0. The first-order chi connectivity index (χ1) is 11.9. The van der Waals surface area contributed by atoms with Crippen molar-refractivity contribution in [3.8, 4) is 11.5 Å². The van der Waals surface area contributed by atoms with E-state index in [-0.39, 0.29) is 12.7 Å². The summed E-state index contributed by atoms with van der Waals surface area (Å²) in [5.41, 5.74) is 1.83. The average molecular weight is 360 g/mol. The van der Waals surface area contributed by atoms with Crippen molar-refractivity contribution < 1.29 is 22.7 Å². The number of benzene rings is 2. The van der Waals surface area contributed by atoms with Crippen molar-refractivity contribution in [3.05, 3.63) is 54.1 Å². The number of ether oxygens (including phenoxy) is 2. The molecular formula is C17H16N2O5S. The quantitative estimate of drug-likeness (QED) is 0.799. The number of hydrogen-bond acceptors (Lipinski definition) is 5. The molecule has 130 valence electrons. The Bertz CT molecular complexity index is 921. The van der Waals surface area contributed by atoms with Crippen LogP contribution in [0.4, 0.5) is 11.4 Å². The fourth-order valence-electron chi connectivity index (χ4n) is 2.21. The number of hydrogen-bond donors (Lipinski definition) is 2. The number of anilines is 2. The van der Waals surface area contributed by atoms with Crippen LogP contribution in [-0.2, 0) is 14.8 Å². The molecule has 1 heterocycles. The molecule has 3 rings (SSSR count). The summed E-state index contributed by atoms with van der Waals surface area (Å²) in [7, 11) is -3.31. The van der Waals surface area contributed by atoms with Crippen LogP contribution in [0.1, 0.15) is 5.56 Å². The van der Waals surface area contributed by atoms with Crippen LogP contribution in [0.5, 0.6) is 11.5 Å². The Morgan fingerprint density at radius 3 is 2.44 bits per heavy atom. The maximum Gasteiger partial charge on any atom is 0.248 e. The average Bonchev–Trinajstić information content (AvgIpc) is 3.00. The van der Waals surface area contributed by atoms with Crippen molar-refractivity contribution >= 4 is 33.4 Å². The van der Waals surface area contributed by atoms with Gasteiger partial charge in [0.25, 0.3) is 0 Å². The highest BCUT2D eigenvalue weighted by molar-refractivity contribution is 7.92. The monoisotopic (exact) mass is 360 g/mol. The van der Waals surface area contributed by atoms with Gasteiger partial charge in [-0.25, -0.2) is 8.42 Å². The van der Waals surface area contributed by atoms with Gasteiger partial charge < -0.3 is 14.8 Å². The van der Waals surface area contributed by atoms with E-state index in [1.807, 2.05) is 0 Å². The van der Waals surface area contributed by atoms with Gasteiger partial charge in [0.1, 0.15) is 0 Å². The van der Waals surface area contributed by atoms with E-state index in [0.29, 0.717) is 22.9 Å². The Labute approximate surface area is 145 Å². The number of carbonyl (C=O) groups is 1. The SMILES string of the molecule is CS(=O)(=O)Nc1ccc(/C=C/C(=O)Nc2ccc3c(c2)OCO3)cc1. The lowest BCUT2D eigenvalue weighted by molar-refractivity contribution is -0.111. The molecular weight excluding hydrogens is 344 g/mol. The van der Waals surface area contributed by atoms with Gasteiger partial charge in [0.2, 0.25) is 22.7 Å². The second-order valence-corrected chi connectivity index (χ2v) is 7.14. The minimum absolute atomic E-state index is 0.177. The van der Waals surface area contributed by atoms with Crippen LogP contribution < -0.4 is 19.5 Å². The van der Waals surface area contributed by atoms with Crippen molar-refractivity contribution in [2.45, 2.75) is 0 Å². The van der Waals surface area contributed by atoms with Gasteiger partial charge >= 0.3 is 0 Å². The molecule has 2 aromatic carbocycles. The second-order valence-electron chi connectivity index (χ2n) is 5.39. The summed E-state index contributed by atoms with van der Waals surface area (Å²) in [6.07, 6.45) is 4.11. The van der Waals surface area contributed by atoms with E-state index in [1.54, 1.807) is 48.5 Å². The third-order valence-corrected chi connectivity index (χ3v) is 3.89. The first-order valence-corrected chi connectivity index (χ1v) is 9.25. The number of nitrogens with one attached hydrogen (secondary N) is 2. The molecule has 0 bridgehead atoms. The summed E-state index contributed by atoms with van der Waals surface area (Å²) in [4.78, 5) is 12.0. The normalized spacial score (nSPS) is 13.0. The van der Waals surface area contributed by atoms with Crippen LogP contribution in [-0.4, -0.2) is 27.4 Å². The predicted octanol–water partition coefficient (Wildman–Crippen LogP) is 2.44. The molecule has 0 spiro atoms. The number of amides is 1. The van der Waals surface area contributed by atoms with Gasteiger partial charge in [-0.05, 0) is 35.9 Å². The number of rotatable bonds is 5. The first-order valence-electron chi connectivity index (χ1n) is 7.36. The van der Waals surface area contributed by atoms with Gasteiger partial charge in [-0.1, -0.05) is 12.1 Å². The molecule has 7 nitrogen and oxygen atoms in total. The van der Waals surface area contributed by atoms with Gasteiger partial charge in [0.15, 0.2) is 11.5 Å². The van der Waals surface area contributed by atoms with Crippen LogP contribution in [0.2, 0.25) is 0 Å². The van der Waals surface area contributed by atoms with Crippen molar-refractivity contribution in [2.75, 3.05) is 23.1 Å². The summed E-state index contributed by atoms with van der Waals surface area (Å²) in [5.74, 6) is 0.948. The Hall–Kier alpha value is -3.00. The van der Waals surface area contributed by atoms with E-state index in [9.17, 15) is 13.2 Å². The summed E-state index contributed by atoms with van der Waals surface area (Å²) in [6.45, 7) is 0.177. The van der Waals surface area contributed by atoms with Crippen molar-refractivity contribution in [3.63, 3.8) is 0 Å². The highest BCUT2D eigenvalue weighted by Crippen LogP contribution is 2.34. The molecule has 2 aromatic rings. The lowest BCUT2D eigenvalue weighted by atomic mass is 10.2. The molecule has 0 saturated carbocycles. The number of carbonyl (C=O) groups excluding carboxylic acids is 1. The van der Waals surface area contributed by atoms with E-state index in [4.69, 9.17) is 9.47 Å². The topological polar surface area (TPSA) is 93.7 Å². The van der Waals surface area contributed by atoms with E-state index < -0.39 is 10.0 Å². The van der Waals surface area contributed by atoms with Crippen LogP contribution in [0, 0.1) is 0 Å². The molecule has 0 saturated heterocycles. The summed E-state index contributed by atoms with van der Waals surface area (Å²) < 4.78 is 35.1. The van der Waals surface area contributed by atoms with Crippen LogP contribution in [0.15, 0.2) is 48.5 Å². The highest BCUT2D eigenvalue weighted by Gasteiger charge is 2.13. The number of fused-ring (bicyclic) bond motifs is 1. The lowest BCUT2D eigenvalue weighted by Crippen LogP contribution is -2.09. The first kappa shape index (κ1) is 16.8. The number of sulfonamides is 1. The Balaban J connectivity index is 1.60. The summed E-state index contributed by atoms with van der Waals surface area (Å²) in [6, 6.07) is 11.8. The van der Waals surface area contributed by atoms with Crippen LogP contribution >= 0.6 is 0 Å². The minimum atomic E-state index is -3.31. The molecule has 8 heteroatoms. The third kappa shape index (κ3) is 4.74. The standard InChI is InChI=1S/C17H16N2O5S/c1-25(21,22)19-13-5-2-12(3-6-13)4-9-17(20)18-14-7-8-15-16(10-14)24-11-23-15/h2-10,19H,11H2,1H3,(H,18,20)/b9-4+. The van der Waals surface area contributed by atoms with E-state index in [0.717, 1.165) is 11.8 Å². The van der Waals surface area contributed by atoms with Gasteiger partial charge in [0.05, 0.1) is 6.26 Å². The molecule has 1 aliphatic heterocycles. The molecule has 2 N–H and O–H groups in total. The van der Waals surface area contributed by atoms with Crippen molar-refractivity contribution in [1.82, 2.24) is 0 Å². The zero-order chi connectivity index (χ0) is 17.9. The minimum Gasteiger partial charge on any atom is -0.454 e. The van der Waals surface area contributed by atoms with Crippen molar-refractivity contribution in [1.29, 1.82) is 0 Å². The van der Waals surface area contributed by atoms with Gasteiger partial charge in [-0.15, -0.1) is 0 Å². The second kappa shape index (κ2) is 6.86. The van der Waals surface area contributed by atoms with Gasteiger partial charge in [-0.2, -0.15) is 0 Å². The Kier molecular flexibility index (Phi) is 4.62. The maximum atomic E-state index is 12.0. The molecule has 0 radical (unpaired) electrons. The molecule has 25 heavy (non-hydrogen) atoms. The van der Waals surface area contributed by atoms with Crippen molar-refractivity contribution in [2.24, 2.45) is 0 Å². The molecule has 0 unspecified atom stereocenters.